The van der Waals surface area contributed by atoms with Gasteiger partial charge in [-0.15, -0.1) is 0 Å². The molecule has 1 atom stereocenters. The third-order valence-electron chi connectivity index (χ3n) is 3.50. The summed E-state index contributed by atoms with van der Waals surface area (Å²) in [4.78, 5) is 0.430. The van der Waals surface area contributed by atoms with Gasteiger partial charge in [0.05, 0.1) is 7.11 Å². The molecule has 0 saturated carbocycles. The van der Waals surface area contributed by atoms with Gasteiger partial charge in [0.1, 0.15) is 5.75 Å². The minimum Gasteiger partial charge on any atom is -0.496 e. The van der Waals surface area contributed by atoms with Crippen molar-refractivity contribution in [1.29, 1.82) is 0 Å². The monoisotopic (exact) mass is 332 g/mol. The van der Waals surface area contributed by atoms with E-state index in [-0.39, 0.29) is 0 Å². The molecular formula is C18H21BrO. The maximum Gasteiger partial charge on any atom is 0.122 e. The molecule has 1 nitrogen and oxygen atoms in total. The normalized spacial score (nSPS) is 12.2. The summed E-state index contributed by atoms with van der Waals surface area (Å²) in [6.07, 6.45) is 3.32. The summed E-state index contributed by atoms with van der Waals surface area (Å²) in [6, 6.07) is 17.0. The van der Waals surface area contributed by atoms with E-state index >= 15 is 0 Å². The van der Waals surface area contributed by atoms with Crippen LogP contribution in [-0.4, -0.2) is 7.11 Å². The first kappa shape index (κ1) is 15.1. The molecule has 0 fully saturated rings. The van der Waals surface area contributed by atoms with Gasteiger partial charge in [-0.25, -0.2) is 0 Å². The summed E-state index contributed by atoms with van der Waals surface area (Å²) >= 11 is 3.78. The van der Waals surface area contributed by atoms with E-state index in [1.807, 2.05) is 0 Å². The molecule has 0 bridgehead atoms. The van der Waals surface area contributed by atoms with E-state index in [9.17, 15) is 0 Å². The van der Waals surface area contributed by atoms with E-state index in [2.05, 4.69) is 71.4 Å². The van der Waals surface area contributed by atoms with Gasteiger partial charge in [0.15, 0.2) is 0 Å². The van der Waals surface area contributed by atoms with Gasteiger partial charge < -0.3 is 4.74 Å². The number of rotatable bonds is 6. The lowest BCUT2D eigenvalue weighted by Gasteiger charge is -2.12. The van der Waals surface area contributed by atoms with Crippen molar-refractivity contribution in [3.8, 4) is 5.75 Å². The molecule has 0 N–H and O–H groups in total. The highest BCUT2D eigenvalue weighted by Gasteiger charge is 2.08. The Bertz CT molecular complexity index is 536. The van der Waals surface area contributed by atoms with Crippen LogP contribution in [-0.2, 0) is 6.42 Å². The van der Waals surface area contributed by atoms with Gasteiger partial charge in [-0.3, -0.25) is 0 Å². The van der Waals surface area contributed by atoms with Gasteiger partial charge in [-0.05, 0) is 43.4 Å². The third kappa shape index (κ3) is 4.11. The summed E-state index contributed by atoms with van der Waals surface area (Å²) in [6.45, 7) is 2.13. The van der Waals surface area contributed by atoms with Crippen LogP contribution in [0.25, 0.3) is 0 Å². The fraction of sp³-hybridized carbons (Fsp3) is 0.333. The van der Waals surface area contributed by atoms with Crippen molar-refractivity contribution in [2.45, 2.75) is 31.0 Å². The van der Waals surface area contributed by atoms with Gasteiger partial charge in [0, 0.05) is 4.83 Å². The second-order valence-corrected chi connectivity index (χ2v) is 6.19. The Morgan fingerprint density at radius 1 is 1.10 bits per heavy atom. The number of methoxy groups -OCH3 is 1. The van der Waals surface area contributed by atoms with Gasteiger partial charge in [-0.1, -0.05) is 64.0 Å². The van der Waals surface area contributed by atoms with Crippen molar-refractivity contribution < 1.29 is 4.74 Å². The Labute approximate surface area is 130 Å². The van der Waals surface area contributed by atoms with E-state index in [1.165, 1.54) is 16.7 Å². The van der Waals surface area contributed by atoms with Crippen molar-refractivity contribution in [1.82, 2.24) is 0 Å². The fourth-order valence-electron chi connectivity index (χ4n) is 2.40. The Morgan fingerprint density at radius 3 is 2.55 bits per heavy atom. The third-order valence-corrected chi connectivity index (χ3v) is 4.49. The molecule has 0 aliphatic carbocycles. The first-order valence-electron chi connectivity index (χ1n) is 7.03. The molecule has 20 heavy (non-hydrogen) atoms. The van der Waals surface area contributed by atoms with Crippen molar-refractivity contribution in [2.24, 2.45) is 0 Å². The maximum absolute atomic E-state index is 5.43. The van der Waals surface area contributed by atoms with E-state index < -0.39 is 0 Å². The molecule has 1 unspecified atom stereocenters. The average molecular weight is 333 g/mol. The Kier molecular flexibility index (Phi) is 5.66. The highest BCUT2D eigenvalue weighted by atomic mass is 79.9. The topological polar surface area (TPSA) is 9.23 Å². The second kappa shape index (κ2) is 7.49. The van der Waals surface area contributed by atoms with Crippen LogP contribution in [0.3, 0.4) is 0 Å². The number of hydrogen-bond acceptors (Lipinski definition) is 1. The quantitative estimate of drug-likeness (QED) is 0.638. The van der Waals surface area contributed by atoms with Crippen molar-refractivity contribution >= 4 is 15.9 Å². The molecule has 106 valence electrons. The molecule has 2 aromatic carbocycles. The molecule has 0 saturated heterocycles. The van der Waals surface area contributed by atoms with Gasteiger partial charge in [0.25, 0.3) is 0 Å². The zero-order valence-corrected chi connectivity index (χ0v) is 13.7. The fourth-order valence-corrected chi connectivity index (χ4v) is 3.03. The Balaban J connectivity index is 1.91. The summed E-state index contributed by atoms with van der Waals surface area (Å²) < 4.78 is 5.43. The molecule has 0 heterocycles. The number of ether oxygens (including phenoxy) is 1. The molecule has 0 aromatic heterocycles. The summed E-state index contributed by atoms with van der Waals surface area (Å²) in [5.74, 6) is 1.00. The van der Waals surface area contributed by atoms with Crippen LogP contribution in [0.4, 0.5) is 0 Å². The van der Waals surface area contributed by atoms with Crippen LogP contribution >= 0.6 is 15.9 Å². The number of alkyl halides is 1. The molecule has 0 aliphatic rings. The lowest BCUT2D eigenvalue weighted by Crippen LogP contribution is -1.96. The molecular weight excluding hydrogens is 312 g/mol. The first-order valence-corrected chi connectivity index (χ1v) is 7.95. The zero-order valence-electron chi connectivity index (χ0n) is 12.1. The van der Waals surface area contributed by atoms with Crippen LogP contribution in [0, 0.1) is 6.92 Å². The largest absolute Gasteiger partial charge is 0.496 e. The zero-order chi connectivity index (χ0) is 14.4. The van der Waals surface area contributed by atoms with Crippen LogP contribution in [0.5, 0.6) is 5.75 Å². The van der Waals surface area contributed by atoms with Crippen LogP contribution < -0.4 is 4.74 Å². The van der Waals surface area contributed by atoms with Crippen molar-refractivity contribution in [3.63, 3.8) is 0 Å². The Morgan fingerprint density at radius 2 is 1.85 bits per heavy atom. The summed E-state index contributed by atoms with van der Waals surface area (Å²) in [7, 11) is 1.74. The summed E-state index contributed by atoms with van der Waals surface area (Å²) in [5, 5.41) is 0. The molecule has 0 aliphatic heterocycles. The van der Waals surface area contributed by atoms with E-state index in [0.29, 0.717) is 4.83 Å². The van der Waals surface area contributed by atoms with Gasteiger partial charge >= 0.3 is 0 Å². The maximum atomic E-state index is 5.43. The van der Waals surface area contributed by atoms with Crippen molar-refractivity contribution in [2.75, 3.05) is 7.11 Å². The Hall–Kier alpha value is -1.28. The molecule has 0 spiro atoms. The summed E-state index contributed by atoms with van der Waals surface area (Å²) in [5.41, 5.74) is 3.95. The van der Waals surface area contributed by atoms with Crippen LogP contribution in [0.1, 0.15) is 34.4 Å². The smallest absolute Gasteiger partial charge is 0.122 e. The molecule has 2 aromatic rings. The minimum atomic E-state index is 0.430. The SMILES string of the molecule is COc1ccc(C)cc1CCCC(Br)c1ccccc1. The number of hydrogen-bond donors (Lipinski definition) is 0. The van der Waals surface area contributed by atoms with E-state index in [1.54, 1.807) is 7.11 Å². The van der Waals surface area contributed by atoms with Crippen molar-refractivity contribution in [3.05, 3.63) is 65.2 Å². The van der Waals surface area contributed by atoms with Crippen LogP contribution in [0.2, 0.25) is 0 Å². The van der Waals surface area contributed by atoms with E-state index in [0.717, 1.165) is 25.0 Å². The molecule has 2 heteroatoms. The average Bonchev–Trinajstić information content (AvgIpc) is 2.48. The number of aryl methyl sites for hydroxylation is 2. The number of halogens is 1. The first-order chi connectivity index (χ1) is 9.70. The van der Waals surface area contributed by atoms with Gasteiger partial charge in [0.2, 0.25) is 0 Å². The number of benzene rings is 2. The van der Waals surface area contributed by atoms with Gasteiger partial charge in [-0.2, -0.15) is 0 Å². The molecule has 2 rings (SSSR count). The lowest BCUT2D eigenvalue weighted by molar-refractivity contribution is 0.408. The van der Waals surface area contributed by atoms with E-state index in [4.69, 9.17) is 4.74 Å². The highest BCUT2D eigenvalue weighted by Crippen LogP contribution is 2.29. The second-order valence-electron chi connectivity index (χ2n) is 5.09. The predicted molar refractivity (Wildman–Crippen MR) is 88.8 cm³/mol. The molecule has 0 amide bonds. The highest BCUT2D eigenvalue weighted by molar-refractivity contribution is 9.09. The lowest BCUT2D eigenvalue weighted by atomic mass is 10.0. The predicted octanol–water partition coefficient (Wildman–Crippen LogP) is 5.46. The minimum absolute atomic E-state index is 0.430. The van der Waals surface area contributed by atoms with Crippen LogP contribution in [0.15, 0.2) is 48.5 Å². The standard InChI is InChI=1S/C18H21BrO/c1-14-11-12-18(20-2)16(13-14)9-6-10-17(19)15-7-4-3-5-8-15/h3-5,7-8,11-13,17H,6,9-10H2,1-2H3. The molecule has 0 radical (unpaired) electrons.